The van der Waals surface area contributed by atoms with Crippen molar-refractivity contribution in [3.63, 3.8) is 0 Å². The minimum absolute atomic E-state index is 0.183. The van der Waals surface area contributed by atoms with Gasteiger partial charge in [-0.15, -0.1) is 0 Å². The molecule has 1 rings (SSSR count). The van der Waals surface area contributed by atoms with Crippen LogP contribution in [0.5, 0.6) is 0 Å². The molecule has 0 fully saturated rings. The van der Waals surface area contributed by atoms with E-state index in [0.29, 0.717) is 10.0 Å². The summed E-state index contributed by atoms with van der Waals surface area (Å²) in [6.07, 6.45) is 0. The lowest BCUT2D eigenvalue weighted by atomic mass is 10.2. The minimum Gasteiger partial charge on any atom is -0.205 e. The van der Waals surface area contributed by atoms with E-state index in [1.54, 1.807) is 13.0 Å². The monoisotopic (exact) mass is 392 g/mol. The second kappa shape index (κ2) is 3.70. The van der Waals surface area contributed by atoms with Crippen LogP contribution in [0.3, 0.4) is 0 Å². The summed E-state index contributed by atoms with van der Waals surface area (Å²) in [6.45, 7) is 1.74. The molecule has 0 aliphatic heterocycles. The van der Waals surface area contributed by atoms with Crippen LogP contribution < -0.4 is 0 Å². The zero-order valence-corrected chi connectivity index (χ0v) is 10.9. The van der Waals surface area contributed by atoms with Crippen LogP contribution in [-0.4, -0.2) is 0 Å². The molecule has 1 aromatic carbocycles. The van der Waals surface area contributed by atoms with Gasteiger partial charge >= 0.3 is 0 Å². The maximum Gasteiger partial charge on any atom is 0.141 e. The Balaban J connectivity index is 3.46. The topological polar surface area (TPSA) is 0 Å². The third kappa shape index (κ3) is 1.95. The molecule has 0 bridgehead atoms. The molecule has 0 saturated heterocycles. The lowest BCUT2D eigenvalue weighted by Crippen LogP contribution is -1.88. The maximum atomic E-state index is 13.1. The van der Waals surface area contributed by atoms with Crippen LogP contribution in [0.1, 0.15) is 5.56 Å². The Morgan fingerprint density at radius 1 is 1.45 bits per heavy atom. The van der Waals surface area contributed by atoms with Crippen molar-refractivity contribution in [3.8, 4) is 0 Å². The third-order valence-corrected chi connectivity index (χ3v) is 5.26. The van der Waals surface area contributed by atoms with Gasteiger partial charge in [-0.25, -0.2) is 4.39 Å². The molecule has 1 aromatic rings. The lowest BCUT2D eigenvalue weighted by Gasteiger charge is -2.03. The highest BCUT2D eigenvalue weighted by Gasteiger charge is 2.09. The molecule has 0 radical (unpaired) electrons. The molecule has 0 aliphatic carbocycles. The van der Waals surface area contributed by atoms with Crippen molar-refractivity contribution in [2.75, 3.05) is 0 Å². The number of aryl methyl sites for hydroxylation is 1. The summed E-state index contributed by atoms with van der Waals surface area (Å²) >= 11 is 8.57. The van der Waals surface area contributed by atoms with E-state index in [-0.39, 0.29) is 5.82 Å². The molecule has 0 aliphatic rings. The molecule has 0 heterocycles. The van der Waals surface area contributed by atoms with E-state index in [4.69, 9.17) is 0 Å². The van der Waals surface area contributed by atoms with Crippen molar-refractivity contribution < 1.29 is 4.39 Å². The van der Waals surface area contributed by atoms with Crippen LogP contribution in [0.2, 0.25) is 0 Å². The van der Waals surface area contributed by atoms with Gasteiger partial charge in [0.1, 0.15) is 5.82 Å². The average molecular weight is 394 g/mol. The fourth-order valence-corrected chi connectivity index (χ4v) is 2.42. The van der Waals surface area contributed by atoms with Crippen LogP contribution in [0.4, 0.5) is 4.39 Å². The second-order valence-electron chi connectivity index (χ2n) is 2.12. The number of rotatable bonds is 0. The normalized spacial score (nSPS) is 10.3. The molecule has 11 heavy (non-hydrogen) atoms. The van der Waals surface area contributed by atoms with E-state index in [1.165, 1.54) is 0 Å². The van der Waals surface area contributed by atoms with E-state index in [2.05, 4.69) is 54.5 Å². The van der Waals surface area contributed by atoms with Crippen LogP contribution in [-0.2, 0) is 0 Å². The first kappa shape index (κ1) is 9.92. The van der Waals surface area contributed by atoms with Gasteiger partial charge < -0.3 is 0 Å². The Morgan fingerprint density at radius 2 is 2.00 bits per heavy atom. The van der Waals surface area contributed by atoms with E-state index < -0.39 is 0 Å². The smallest absolute Gasteiger partial charge is 0.141 e. The molecule has 0 amide bonds. The molecule has 0 atom stereocenters. The second-order valence-corrected chi connectivity index (χ2v) is 4.84. The van der Waals surface area contributed by atoms with Gasteiger partial charge in [0.25, 0.3) is 0 Å². The van der Waals surface area contributed by atoms with Gasteiger partial charge in [0.15, 0.2) is 0 Å². The molecule has 0 nitrogen and oxygen atoms in total. The van der Waals surface area contributed by atoms with Crippen LogP contribution in [0.15, 0.2) is 15.0 Å². The Hall–Kier alpha value is 0.840. The van der Waals surface area contributed by atoms with Crippen LogP contribution >= 0.6 is 54.5 Å². The van der Waals surface area contributed by atoms with Crippen molar-refractivity contribution in [2.24, 2.45) is 0 Å². The molecule has 60 valence electrons. The predicted molar refractivity (Wildman–Crippen MR) is 59.3 cm³/mol. The number of halogens is 4. The first-order valence-corrected chi connectivity index (χ1v) is 5.50. The number of hydrogen-bond acceptors (Lipinski definition) is 0. The molecule has 4 heteroatoms. The quantitative estimate of drug-likeness (QED) is 0.351. The summed E-state index contributed by atoms with van der Waals surface area (Å²) in [5, 5.41) is 0. The lowest BCUT2D eigenvalue weighted by molar-refractivity contribution is 0.610. The molecule has 0 saturated carbocycles. The number of hydrogen-bond donors (Lipinski definition) is 0. The van der Waals surface area contributed by atoms with Gasteiger partial charge in [0.2, 0.25) is 0 Å². The summed E-state index contributed by atoms with van der Waals surface area (Å²) in [7, 11) is 0. The highest BCUT2D eigenvalue weighted by molar-refractivity contribution is 14.1. The van der Waals surface area contributed by atoms with Crippen LogP contribution in [0, 0.1) is 16.3 Å². The van der Waals surface area contributed by atoms with Crippen molar-refractivity contribution in [3.05, 3.63) is 30.0 Å². The molecular weight excluding hydrogens is 390 g/mol. The Morgan fingerprint density at radius 3 is 2.55 bits per heavy atom. The zero-order chi connectivity index (χ0) is 8.59. The molecule has 0 unspecified atom stereocenters. The predicted octanol–water partition coefficient (Wildman–Crippen LogP) is 4.26. The van der Waals surface area contributed by atoms with E-state index >= 15 is 0 Å². The highest BCUT2D eigenvalue weighted by atomic mass is 127. The Kier molecular flexibility index (Phi) is 3.34. The van der Waals surface area contributed by atoms with Gasteiger partial charge in [-0.2, -0.15) is 0 Å². The number of benzene rings is 1. The molecular formula is C7H4Br2FI. The summed E-state index contributed by atoms with van der Waals surface area (Å²) in [6, 6.07) is 1.77. The fourth-order valence-electron chi connectivity index (χ4n) is 0.691. The van der Waals surface area contributed by atoms with E-state index in [9.17, 15) is 4.39 Å². The van der Waals surface area contributed by atoms with E-state index in [0.717, 1.165) is 8.04 Å². The highest BCUT2D eigenvalue weighted by Crippen LogP contribution is 2.31. The van der Waals surface area contributed by atoms with Gasteiger partial charge in [0, 0.05) is 8.04 Å². The fraction of sp³-hybridized carbons (Fsp3) is 0.143. The van der Waals surface area contributed by atoms with E-state index in [1.807, 2.05) is 0 Å². The average Bonchev–Trinajstić information content (AvgIpc) is 1.97. The largest absolute Gasteiger partial charge is 0.205 e. The maximum absolute atomic E-state index is 13.1. The van der Waals surface area contributed by atoms with Crippen molar-refractivity contribution >= 4 is 54.5 Å². The first-order chi connectivity index (χ1) is 5.04. The standard InChI is InChI=1S/C7H4Br2FI/c1-3-2-4(8)7(11)5(9)6(3)10/h2H,1H3. The third-order valence-electron chi connectivity index (χ3n) is 1.28. The van der Waals surface area contributed by atoms with Gasteiger partial charge in [-0.05, 0) is 73.0 Å². The zero-order valence-electron chi connectivity index (χ0n) is 5.59. The summed E-state index contributed by atoms with van der Waals surface area (Å²) < 4.78 is 15.4. The first-order valence-electron chi connectivity index (χ1n) is 2.83. The summed E-state index contributed by atoms with van der Waals surface area (Å²) in [4.78, 5) is 0. The molecule has 0 spiro atoms. The van der Waals surface area contributed by atoms with Gasteiger partial charge in [-0.1, -0.05) is 0 Å². The Bertz CT molecular complexity index is 273. The van der Waals surface area contributed by atoms with Crippen LogP contribution in [0.25, 0.3) is 0 Å². The van der Waals surface area contributed by atoms with Crippen molar-refractivity contribution in [1.29, 1.82) is 0 Å². The Labute approximate surface area is 95.0 Å². The van der Waals surface area contributed by atoms with Gasteiger partial charge in [0.05, 0.1) is 4.47 Å². The van der Waals surface area contributed by atoms with Crippen molar-refractivity contribution in [2.45, 2.75) is 6.92 Å². The summed E-state index contributed by atoms with van der Waals surface area (Å²) in [5.41, 5.74) is 0.643. The molecule has 0 N–H and O–H groups in total. The summed E-state index contributed by atoms with van der Waals surface area (Å²) in [5.74, 6) is -0.183. The van der Waals surface area contributed by atoms with Gasteiger partial charge in [-0.3, -0.25) is 0 Å². The minimum atomic E-state index is -0.183. The van der Waals surface area contributed by atoms with Crippen molar-refractivity contribution in [1.82, 2.24) is 0 Å². The molecule has 0 aromatic heterocycles. The SMILES string of the molecule is Cc1cc(Br)c(I)c(Br)c1F.